The molecule has 0 saturated heterocycles. The highest BCUT2D eigenvalue weighted by atomic mass is 32.1. The molecule has 1 aromatic heterocycles. The van der Waals surface area contributed by atoms with Crippen molar-refractivity contribution in [3.63, 3.8) is 0 Å². The Balaban J connectivity index is 1.20. The molecule has 39 heavy (non-hydrogen) atoms. The molecular weight excluding hydrogens is 490 g/mol. The van der Waals surface area contributed by atoms with Crippen LogP contribution in [0.3, 0.4) is 0 Å². The Morgan fingerprint density at radius 2 is 1.23 bits per heavy atom. The van der Waals surface area contributed by atoms with Gasteiger partial charge in [-0.3, -0.25) is 0 Å². The van der Waals surface area contributed by atoms with Crippen LogP contribution in [0.2, 0.25) is 0 Å². The summed E-state index contributed by atoms with van der Waals surface area (Å²) in [5.74, 6) is 0. The number of rotatable bonds is 3. The van der Waals surface area contributed by atoms with Gasteiger partial charge in [0.2, 0.25) is 0 Å². The van der Waals surface area contributed by atoms with Crippen molar-refractivity contribution < 1.29 is 0 Å². The fraction of sp³-hybridized carbons (Fsp3) is 0.0811. The van der Waals surface area contributed by atoms with E-state index in [0.29, 0.717) is 0 Å². The van der Waals surface area contributed by atoms with E-state index >= 15 is 0 Å². The van der Waals surface area contributed by atoms with Crippen molar-refractivity contribution in [2.24, 2.45) is 0 Å². The second-order valence-electron chi connectivity index (χ2n) is 11.1. The lowest BCUT2D eigenvalue weighted by Crippen LogP contribution is -2.14. The lowest BCUT2D eigenvalue weighted by Gasteiger charge is -2.21. The number of nitrogens with one attached hydrogen (secondary N) is 1. The van der Waals surface area contributed by atoms with E-state index in [1.807, 2.05) is 11.3 Å². The topological polar surface area (TPSA) is 12.0 Å². The summed E-state index contributed by atoms with van der Waals surface area (Å²) in [5, 5.41) is 9.00. The van der Waals surface area contributed by atoms with Gasteiger partial charge >= 0.3 is 0 Å². The molecule has 0 spiro atoms. The zero-order valence-electron chi connectivity index (χ0n) is 22.0. The first-order chi connectivity index (χ1) is 19.1. The zero-order chi connectivity index (χ0) is 26.1. The summed E-state index contributed by atoms with van der Waals surface area (Å²) in [4.78, 5) is 0. The average Bonchev–Trinajstić information content (AvgIpc) is 3.46. The van der Waals surface area contributed by atoms with Gasteiger partial charge in [-0.05, 0) is 68.4 Å². The third kappa shape index (κ3) is 3.38. The van der Waals surface area contributed by atoms with Crippen LogP contribution >= 0.6 is 11.3 Å². The Bertz CT molecular complexity index is 2080. The zero-order valence-corrected chi connectivity index (χ0v) is 22.8. The summed E-state index contributed by atoms with van der Waals surface area (Å²) in [6, 6.07) is 44.4. The first-order valence-corrected chi connectivity index (χ1v) is 14.3. The van der Waals surface area contributed by atoms with Crippen LogP contribution in [0.5, 0.6) is 0 Å². The molecule has 0 amide bonds. The van der Waals surface area contributed by atoms with Gasteiger partial charge in [-0.25, -0.2) is 0 Å². The molecule has 1 aliphatic rings. The number of hydrogen-bond acceptors (Lipinski definition) is 2. The first-order valence-electron chi connectivity index (χ1n) is 13.5. The van der Waals surface area contributed by atoms with Crippen molar-refractivity contribution in [3.8, 4) is 22.3 Å². The van der Waals surface area contributed by atoms with Gasteiger partial charge in [-0.15, -0.1) is 11.3 Å². The summed E-state index contributed by atoms with van der Waals surface area (Å²) >= 11 is 1.91. The van der Waals surface area contributed by atoms with E-state index in [4.69, 9.17) is 0 Å². The van der Waals surface area contributed by atoms with Gasteiger partial charge in [0, 0.05) is 37.0 Å². The maximum absolute atomic E-state index is 3.70. The molecule has 8 rings (SSSR count). The van der Waals surface area contributed by atoms with Crippen molar-refractivity contribution in [3.05, 3.63) is 132 Å². The molecule has 0 atom stereocenters. The lowest BCUT2D eigenvalue weighted by atomic mass is 9.82. The molecule has 0 aliphatic heterocycles. The van der Waals surface area contributed by atoms with Crippen LogP contribution in [0.25, 0.3) is 53.2 Å². The molecule has 0 bridgehead atoms. The van der Waals surface area contributed by atoms with E-state index in [2.05, 4.69) is 140 Å². The first kappa shape index (κ1) is 22.6. The van der Waals surface area contributed by atoms with Crippen LogP contribution in [0, 0.1) is 0 Å². The smallest absolute Gasteiger partial charge is 0.0434 e. The van der Waals surface area contributed by atoms with Crippen molar-refractivity contribution >= 4 is 53.7 Å². The minimum Gasteiger partial charge on any atom is -0.355 e. The Morgan fingerprint density at radius 1 is 0.513 bits per heavy atom. The Labute approximate surface area is 232 Å². The molecule has 0 unspecified atom stereocenters. The fourth-order valence-electron chi connectivity index (χ4n) is 6.48. The van der Waals surface area contributed by atoms with Crippen molar-refractivity contribution in [2.75, 3.05) is 5.32 Å². The minimum absolute atomic E-state index is 0.0264. The maximum atomic E-state index is 3.70. The molecule has 2 heteroatoms. The van der Waals surface area contributed by atoms with Crippen molar-refractivity contribution in [1.82, 2.24) is 0 Å². The van der Waals surface area contributed by atoms with Gasteiger partial charge in [0.1, 0.15) is 0 Å². The summed E-state index contributed by atoms with van der Waals surface area (Å²) in [6.07, 6.45) is 0. The number of thiophene rings is 1. The molecule has 1 heterocycles. The summed E-state index contributed by atoms with van der Waals surface area (Å²) < 4.78 is 2.71. The normalized spacial score (nSPS) is 13.6. The average molecular weight is 518 g/mol. The third-order valence-corrected chi connectivity index (χ3v) is 9.72. The fourth-order valence-corrected chi connectivity index (χ4v) is 7.85. The van der Waals surface area contributed by atoms with Crippen LogP contribution in [0.1, 0.15) is 25.0 Å². The van der Waals surface area contributed by atoms with Gasteiger partial charge in [0.05, 0.1) is 0 Å². The molecule has 0 fully saturated rings. The van der Waals surface area contributed by atoms with E-state index < -0.39 is 0 Å². The summed E-state index contributed by atoms with van der Waals surface area (Å²) in [5.41, 5.74) is 10.2. The third-order valence-electron chi connectivity index (χ3n) is 8.43. The monoisotopic (exact) mass is 517 g/mol. The second-order valence-corrected chi connectivity index (χ2v) is 12.1. The molecular formula is C37H27NS. The highest BCUT2D eigenvalue weighted by Gasteiger charge is 2.35. The van der Waals surface area contributed by atoms with Crippen molar-refractivity contribution in [2.45, 2.75) is 19.3 Å². The molecule has 6 aromatic carbocycles. The quantitative estimate of drug-likeness (QED) is 0.246. The van der Waals surface area contributed by atoms with E-state index in [0.717, 1.165) is 11.4 Å². The van der Waals surface area contributed by atoms with E-state index in [-0.39, 0.29) is 5.41 Å². The number of fused-ring (bicyclic) bond motifs is 8. The van der Waals surface area contributed by atoms with Gasteiger partial charge < -0.3 is 5.32 Å². The van der Waals surface area contributed by atoms with E-state index in [9.17, 15) is 0 Å². The molecule has 0 saturated carbocycles. The van der Waals surface area contributed by atoms with Crippen LogP contribution in [0.4, 0.5) is 11.4 Å². The highest BCUT2D eigenvalue weighted by molar-refractivity contribution is 7.27. The van der Waals surface area contributed by atoms with E-state index in [1.165, 1.54) is 64.3 Å². The van der Waals surface area contributed by atoms with Crippen LogP contribution in [-0.2, 0) is 5.41 Å². The molecule has 1 aliphatic carbocycles. The predicted octanol–water partition coefficient (Wildman–Crippen LogP) is 10.9. The van der Waals surface area contributed by atoms with E-state index in [1.54, 1.807) is 0 Å². The minimum atomic E-state index is 0.0264. The lowest BCUT2D eigenvalue weighted by molar-refractivity contribution is 0.660. The molecule has 186 valence electrons. The molecule has 1 nitrogen and oxygen atoms in total. The molecule has 7 aromatic rings. The largest absolute Gasteiger partial charge is 0.355 e. The number of benzene rings is 6. The van der Waals surface area contributed by atoms with Crippen molar-refractivity contribution in [1.29, 1.82) is 0 Å². The van der Waals surface area contributed by atoms with Gasteiger partial charge in [0.25, 0.3) is 0 Å². The predicted molar refractivity (Wildman–Crippen MR) is 170 cm³/mol. The van der Waals surface area contributed by atoms with Gasteiger partial charge in [-0.2, -0.15) is 0 Å². The van der Waals surface area contributed by atoms with Gasteiger partial charge in [-0.1, -0.05) is 111 Å². The standard InChI is InChI=1S/C37H27NS/c1-37(2)33-16-6-5-13-29(33)32-22-26(18-20-34(32)37)38-25-11-7-10-24(21-25)28-14-8-15-30-31-19-17-23-9-3-4-12-27(23)35(31)39-36(28)30/h3-22,38H,1-2H3. The summed E-state index contributed by atoms with van der Waals surface area (Å²) in [6.45, 7) is 4.65. The Hall–Kier alpha value is -4.40. The summed E-state index contributed by atoms with van der Waals surface area (Å²) in [7, 11) is 0. The Kier molecular flexibility index (Phi) is 4.80. The second kappa shape index (κ2) is 8.30. The molecule has 0 radical (unpaired) electrons. The molecule has 1 N–H and O–H groups in total. The highest BCUT2D eigenvalue weighted by Crippen LogP contribution is 2.49. The SMILES string of the molecule is CC1(C)c2ccccc2-c2cc(Nc3cccc(-c4cccc5c4sc4c6ccccc6ccc54)c3)ccc21. The Morgan fingerprint density at radius 3 is 2.18 bits per heavy atom. The van der Waals surface area contributed by atoms with Crippen LogP contribution < -0.4 is 5.32 Å². The van der Waals surface area contributed by atoms with Gasteiger partial charge in [0.15, 0.2) is 0 Å². The van der Waals surface area contributed by atoms with Crippen LogP contribution in [-0.4, -0.2) is 0 Å². The number of anilines is 2. The maximum Gasteiger partial charge on any atom is 0.0434 e. The van der Waals surface area contributed by atoms with Crippen LogP contribution in [0.15, 0.2) is 121 Å². The number of hydrogen-bond donors (Lipinski definition) is 1.